The fourth-order valence-electron chi connectivity index (χ4n) is 3.74. The third-order valence-electron chi connectivity index (χ3n) is 5.41. The number of anilines is 3. The standard InChI is InChI=1S/C25H28N6O4/c1-25(2,3)35-24(32)30-14-12-29(13-15-30)20-8-4-6-18(16-20)22-10-11-26-23(28-22)27-19-7-5-9-21(17-19)31(33)34/h4-11,16-17H,12-15H2,1-3H3,(H,26,27,28). The van der Waals surface area contributed by atoms with Crippen LogP contribution in [-0.2, 0) is 4.74 Å². The first-order valence-electron chi connectivity index (χ1n) is 11.4. The number of nitrogens with one attached hydrogen (secondary N) is 1. The van der Waals surface area contributed by atoms with Crippen molar-refractivity contribution in [1.29, 1.82) is 0 Å². The van der Waals surface area contributed by atoms with E-state index in [4.69, 9.17) is 4.74 Å². The van der Waals surface area contributed by atoms with E-state index >= 15 is 0 Å². The molecule has 0 bridgehead atoms. The van der Waals surface area contributed by atoms with E-state index in [2.05, 4.69) is 26.3 Å². The van der Waals surface area contributed by atoms with E-state index < -0.39 is 10.5 Å². The molecular formula is C25H28N6O4. The van der Waals surface area contributed by atoms with Gasteiger partial charge in [0, 0.05) is 61.4 Å². The van der Waals surface area contributed by atoms with Gasteiger partial charge in [-0.2, -0.15) is 0 Å². The SMILES string of the molecule is CC(C)(C)OC(=O)N1CCN(c2cccc(-c3ccnc(Nc4cccc([N+](=O)[O-])c4)n3)c2)CC1. The molecular weight excluding hydrogens is 448 g/mol. The molecule has 0 atom stereocenters. The van der Waals surface area contributed by atoms with E-state index in [9.17, 15) is 14.9 Å². The number of carbonyl (C=O) groups is 1. The Morgan fingerprint density at radius 1 is 1.06 bits per heavy atom. The maximum atomic E-state index is 12.3. The van der Waals surface area contributed by atoms with Gasteiger partial charge in [0.15, 0.2) is 0 Å². The van der Waals surface area contributed by atoms with Crippen LogP contribution in [-0.4, -0.2) is 57.7 Å². The van der Waals surface area contributed by atoms with Gasteiger partial charge in [-0.3, -0.25) is 10.1 Å². The molecule has 1 aliphatic rings. The van der Waals surface area contributed by atoms with Crippen LogP contribution in [0.4, 0.5) is 27.8 Å². The Hall–Kier alpha value is -4.21. The summed E-state index contributed by atoms with van der Waals surface area (Å²) in [4.78, 5) is 35.7. The summed E-state index contributed by atoms with van der Waals surface area (Å²) in [6.07, 6.45) is 1.37. The van der Waals surface area contributed by atoms with Gasteiger partial charge in [0.25, 0.3) is 5.69 Å². The van der Waals surface area contributed by atoms with Gasteiger partial charge in [-0.1, -0.05) is 18.2 Å². The Bertz CT molecular complexity index is 1220. The minimum atomic E-state index is -0.511. The summed E-state index contributed by atoms with van der Waals surface area (Å²) in [5.41, 5.74) is 2.70. The number of carbonyl (C=O) groups excluding carboxylic acids is 1. The molecule has 10 heteroatoms. The molecule has 182 valence electrons. The number of piperazine rings is 1. The normalized spacial score (nSPS) is 13.9. The van der Waals surface area contributed by atoms with E-state index in [1.165, 1.54) is 12.1 Å². The smallest absolute Gasteiger partial charge is 0.410 e. The molecule has 0 aliphatic carbocycles. The summed E-state index contributed by atoms with van der Waals surface area (Å²) in [5.74, 6) is 0.347. The van der Waals surface area contributed by atoms with Crippen molar-refractivity contribution >= 4 is 29.1 Å². The maximum Gasteiger partial charge on any atom is 0.410 e. The second-order valence-electron chi connectivity index (χ2n) is 9.20. The first-order valence-corrected chi connectivity index (χ1v) is 11.4. The number of hydrogen-bond acceptors (Lipinski definition) is 8. The number of nitro groups is 1. The van der Waals surface area contributed by atoms with E-state index in [-0.39, 0.29) is 11.8 Å². The van der Waals surface area contributed by atoms with Gasteiger partial charge in [-0.15, -0.1) is 0 Å². The molecule has 0 saturated carbocycles. The van der Waals surface area contributed by atoms with Crippen LogP contribution in [0.25, 0.3) is 11.3 Å². The monoisotopic (exact) mass is 476 g/mol. The molecule has 1 aliphatic heterocycles. The van der Waals surface area contributed by atoms with Crippen molar-refractivity contribution in [3.05, 3.63) is 70.9 Å². The van der Waals surface area contributed by atoms with Gasteiger partial charge in [-0.25, -0.2) is 14.8 Å². The number of nitro benzene ring substituents is 1. The van der Waals surface area contributed by atoms with Crippen molar-refractivity contribution in [2.75, 3.05) is 36.4 Å². The first-order chi connectivity index (χ1) is 16.7. The van der Waals surface area contributed by atoms with Crippen LogP contribution >= 0.6 is 0 Å². The topological polar surface area (TPSA) is 114 Å². The molecule has 35 heavy (non-hydrogen) atoms. The zero-order chi connectivity index (χ0) is 25.0. The summed E-state index contributed by atoms with van der Waals surface area (Å²) in [7, 11) is 0. The Morgan fingerprint density at radius 2 is 1.80 bits per heavy atom. The summed E-state index contributed by atoms with van der Waals surface area (Å²) in [6, 6.07) is 16.1. The van der Waals surface area contributed by atoms with Crippen LogP contribution in [0.5, 0.6) is 0 Å². The van der Waals surface area contributed by atoms with Gasteiger partial charge < -0.3 is 19.9 Å². The van der Waals surface area contributed by atoms with Gasteiger partial charge in [0.2, 0.25) is 5.95 Å². The number of hydrogen-bond donors (Lipinski definition) is 1. The van der Waals surface area contributed by atoms with Crippen LogP contribution in [0.2, 0.25) is 0 Å². The van der Waals surface area contributed by atoms with E-state index in [0.29, 0.717) is 37.8 Å². The lowest BCUT2D eigenvalue weighted by Crippen LogP contribution is -2.50. The molecule has 2 aromatic carbocycles. The van der Waals surface area contributed by atoms with Crippen molar-refractivity contribution < 1.29 is 14.5 Å². The summed E-state index contributed by atoms with van der Waals surface area (Å²) in [6.45, 7) is 8.17. The Kier molecular flexibility index (Phi) is 6.81. The lowest BCUT2D eigenvalue weighted by molar-refractivity contribution is -0.384. The number of aromatic nitrogens is 2. The minimum absolute atomic E-state index is 0.00868. The fraction of sp³-hybridized carbons (Fsp3) is 0.320. The zero-order valence-electron chi connectivity index (χ0n) is 20.0. The second kappa shape index (κ2) is 9.96. The largest absolute Gasteiger partial charge is 0.444 e. The third-order valence-corrected chi connectivity index (χ3v) is 5.41. The predicted molar refractivity (Wildman–Crippen MR) is 134 cm³/mol. The van der Waals surface area contributed by atoms with Crippen molar-refractivity contribution in [1.82, 2.24) is 14.9 Å². The average Bonchev–Trinajstić information content (AvgIpc) is 2.83. The Balaban J connectivity index is 1.45. The van der Waals surface area contributed by atoms with Gasteiger partial charge in [-0.05, 0) is 45.0 Å². The number of nitrogens with zero attached hydrogens (tertiary/aromatic N) is 5. The molecule has 3 aromatic rings. The van der Waals surface area contributed by atoms with Crippen LogP contribution in [0, 0.1) is 10.1 Å². The van der Waals surface area contributed by atoms with Crippen LogP contribution < -0.4 is 10.2 Å². The number of non-ortho nitro benzene ring substituents is 1. The quantitative estimate of drug-likeness (QED) is 0.411. The summed E-state index contributed by atoms with van der Waals surface area (Å²) >= 11 is 0. The highest BCUT2D eigenvalue weighted by molar-refractivity contribution is 5.70. The van der Waals surface area contributed by atoms with Gasteiger partial charge in [0.1, 0.15) is 5.60 Å². The first kappa shape index (κ1) is 23.9. The van der Waals surface area contributed by atoms with Crippen molar-refractivity contribution in [2.45, 2.75) is 26.4 Å². The lowest BCUT2D eigenvalue weighted by atomic mass is 10.1. The molecule has 0 spiro atoms. The Labute approximate surface area is 203 Å². The van der Waals surface area contributed by atoms with Gasteiger partial charge in [0.05, 0.1) is 10.6 Å². The molecule has 1 N–H and O–H groups in total. The van der Waals surface area contributed by atoms with Gasteiger partial charge >= 0.3 is 6.09 Å². The molecule has 1 saturated heterocycles. The lowest BCUT2D eigenvalue weighted by Gasteiger charge is -2.36. The predicted octanol–water partition coefficient (Wildman–Crippen LogP) is 4.85. The summed E-state index contributed by atoms with van der Waals surface area (Å²) < 4.78 is 5.48. The highest BCUT2D eigenvalue weighted by Gasteiger charge is 2.26. The molecule has 0 radical (unpaired) electrons. The molecule has 1 aromatic heterocycles. The molecule has 1 amide bonds. The number of amides is 1. The highest BCUT2D eigenvalue weighted by Crippen LogP contribution is 2.26. The Morgan fingerprint density at radius 3 is 2.51 bits per heavy atom. The van der Waals surface area contributed by atoms with E-state index in [1.807, 2.05) is 45.0 Å². The number of rotatable bonds is 5. The minimum Gasteiger partial charge on any atom is -0.444 e. The summed E-state index contributed by atoms with van der Waals surface area (Å²) in [5, 5.41) is 14.1. The second-order valence-corrected chi connectivity index (χ2v) is 9.20. The van der Waals surface area contributed by atoms with E-state index in [0.717, 1.165) is 16.9 Å². The molecule has 0 unspecified atom stereocenters. The molecule has 2 heterocycles. The van der Waals surface area contributed by atoms with Crippen LogP contribution in [0.15, 0.2) is 60.8 Å². The zero-order valence-corrected chi connectivity index (χ0v) is 20.0. The van der Waals surface area contributed by atoms with E-state index in [1.54, 1.807) is 23.2 Å². The van der Waals surface area contributed by atoms with Crippen LogP contribution in [0.3, 0.4) is 0 Å². The number of benzene rings is 2. The molecule has 1 fully saturated rings. The highest BCUT2D eigenvalue weighted by atomic mass is 16.6. The van der Waals surface area contributed by atoms with Crippen LogP contribution in [0.1, 0.15) is 20.8 Å². The molecule has 4 rings (SSSR count). The third kappa shape index (κ3) is 6.23. The van der Waals surface area contributed by atoms with Crippen molar-refractivity contribution in [2.24, 2.45) is 0 Å². The average molecular weight is 477 g/mol. The molecule has 10 nitrogen and oxygen atoms in total. The number of ether oxygens (including phenoxy) is 1. The van der Waals surface area contributed by atoms with Crippen molar-refractivity contribution in [3.63, 3.8) is 0 Å². The fourth-order valence-corrected chi connectivity index (χ4v) is 3.74. The van der Waals surface area contributed by atoms with Crippen molar-refractivity contribution in [3.8, 4) is 11.3 Å². The maximum absolute atomic E-state index is 12.3.